The molecule has 0 atom stereocenters. The maximum Gasteiger partial charge on any atom is 0.276 e. The molecule has 4 rings (SSSR count). The predicted octanol–water partition coefficient (Wildman–Crippen LogP) is 4.11. The molecule has 29 heavy (non-hydrogen) atoms. The Kier molecular flexibility index (Phi) is 5.29. The fraction of sp³-hybridized carbons (Fsp3) is 0.227. The topological polar surface area (TPSA) is 85.4 Å². The largest absolute Gasteiger partial charge is 0.486 e. The number of para-hydroxylation sites is 1. The summed E-state index contributed by atoms with van der Waals surface area (Å²) in [5.41, 5.74) is 4.19. The molecule has 0 aliphatic carbocycles. The number of amides is 1. The van der Waals surface area contributed by atoms with Gasteiger partial charge in [-0.15, -0.1) is 10.2 Å². The molecule has 0 bridgehead atoms. The molecule has 0 fully saturated rings. The van der Waals surface area contributed by atoms with E-state index in [1.807, 2.05) is 19.1 Å². The number of aromatic nitrogens is 2. The zero-order chi connectivity index (χ0) is 20.2. The third kappa shape index (κ3) is 4.13. The van der Waals surface area contributed by atoms with Crippen LogP contribution in [0, 0.1) is 6.92 Å². The van der Waals surface area contributed by atoms with Crippen LogP contribution >= 0.6 is 0 Å². The summed E-state index contributed by atoms with van der Waals surface area (Å²) in [7, 11) is 0. The number of fused-ring (bicyclic) bond motifs is 1. The van der Waals surface area contributed by atoms with E-state index in [0.717, 1.165) is 17.7 Å². The number of ether oxygens (including phenoxy) is 2. The molecule has 1 amide bonds. The van der Waals surface area contributed by atoms with Crippen molar-refractivity contribution < 1.29 is 14.3 Å². The number of anilines is 3. The van der Waals surface area contributed by atoms with Crippen molar-refractivity contribution in [3.8, 4) is 11.5 Å². The number of nitrogens with zero attached hydrogens (tertiary/aromatic N) is 2. The highest BCUT2D eigenvalue weighted by Gasteiger charge is 2.14. The summed E-state index contributed by atoms with van der Waals surface area (Å²) >= 11 is 0. The maximum atomic E-state index is 12.5. The number of benzene rings is 2. The SMILES string of the molecule is CCc1cccc(C)c1Nc1ccc(C(=O)Nc2ccc3c(c2)OCCO3)nn1. The molecule has 0 radical (unpaired) electrons. The molecule has 3 aromatic rings. The van der Waals surface area contributed by atoms with Gasteiger partial charge in [-0.05, 0) is 48.7 Å². The van der Waals surface area contributed by atoms with Gasteiger partial charge in [-0.3, -0.25) is 4.79 Å². The van der Waals surface area contributed by atoms with Gasteiger partial charge in [0.1, 0.15) is 13.2 Å². The highest BCUT2D eigenvalue weighted by molar-refractivity contribution is 6.03. The van der Waals surface area contributed by atoms with Gasteiger partial charge in [-0.2, -0.15) is 0 Å². The number of hydrogen-bond acceptors (Lipinski definition) is 6. The number of carbonyl (C=O) groups excluding carboxylic acids is 1. The fourth-order valence-electron chi connectivity index (χ4n) is 3.17. The first kappa shape index (κ1) is 18.7. The van der Waals surface area contributed by atoms with E-state index in [9.17, 15) is 4.79 Å². The van der Waals surface area contributed by atoms with Crippen molar-refractivity contribution in [2.75, 3.05) is 23.8 Å². The summed E-state index contributed by atoms with van der Waals surface area (Å²) < 4.78 is 11.0. The molecule has 0 saturated carbocycles. The molecule has 148 valence electrons. The number of rotatable bonds is 5. The van der Waals surface area contributed by atoms with E-state index < -0.39 is 0 Å². The second kappa shape index (κ2) is 8.18. The van der Waals surface area contributed by atoms with Gasteiger partial charge in [0.25, 0.3) is 5.91 Å². The summed E-state index contributed by atoms with van der Waals surface area (Å²) in [5.74, 6) is 1.53. The van der Waals surface area contributed by atoms with Gasteiger partial charge in [0, 0.05) is 17.4 Å². The summed E-state index contributed by atoms with van der Waals surface area (Å²) in [6, 6.07) is 14.8. The van der Waals surface area contributed by atoms with Crippen molar-refractivity contribution in [2.45, 2.75) is 20.3 Å². The molecule has 2 N–H and O–H groups in total. The molecule has 7 heteroatoms. The minimum absolute atomic E-state index is 0.228. The molecule has 0 spiro atoms. The van der Waals surface area contributed by atoms with Crippen LogP contribution in [0.25, 0.3) is 0 Å². The zero-order valence-electron chi connectivity index (χ0n) is 16.4. The van der Waals surface area contributed by atoms with E-state index in [-0.39, 0.29) is 11.6 Å². The van der Waals surface area contributed by atoms with E-state index >= 15 is 0 Å². The minimum atomic E-state index is -0.342. The second-order valence-electron chi connectivity index (χ2n) is 6.70. The molecule has 1 aromatic heterocycles. The summed E-state index contributed by atoms with van der Waals surface area (Å²) in [4.78, 5) is 12.5. The van der Waals surface area contributed by atoms with Crippen LogP contribution in [-0.4, -0.2) is 29.3 Å². The number of hydrogen-bond donors (Lipinski definition) is 2. The standard InChI is InChI=1S/C22H22N4O3/c1-3-15-6-4-5-14(2)21(15)24-20-10-8-17(25-26-20)22(27)23-16-7-9-18-19(13-16)29-12-11-28-18/h4-10,13H,3,11-12H2,1-2H3,(H,23,27)(H,24,26). The Labute approximate surface area is 169 Å². The molecule has 1 aliphatic rings. The Morgan fingerprint density at radius 1 is 1.03 bits per heavy atom. The number of nitrogens with one attached hydrogen (secondary N) is 2. The summed E-state index contributed by atoms with van der Waals surface area (Å²) in [5, 5.41) is 14.3. The van der Waals surface area contributed by atoms with Gasteiger partial charge >= 0.3 is 0 Å². The average Bonchev–Trinajstić information content (AvgIpc) is 2.75. The first-order valence-electron chi connectivity index (χ1n) is 9.54. The first-order chi connectivity index (χ1) is 14.1. The Balaban J connectivity index is 1.46. The van der Waals surface area contributed by atoms with Crippen molar-refractivity contribution in [2.24, 2.45) is 0 Å². The van der Waals surface area contributed by atoms with Crippen LogP contribution < -0.4 is 20.1 Å². The van der Waals surface area contributed by atoms with Crippen LogP contribution in [0.4, 0.5) is 17.2 Å². The monoisotopic (exact) mass is 390 g/mol. The third-order valence-corrected chi connectivity index (χ3v) is 4.69. The molecular weight excluding hydrogens is 368 g/mol. The van der Waals surface area contributed by atoms with E-state index in [1.54, 1.807) is 30.3 Å². The third-order valence-electron chi connectivity index (χ3n) is 4.69. The predicted molar refractivity (Wildman–Crippen MR) is 111 cm³/mol. The molecule has 2 heterocycles. The van der Waals surface area contributed by atoms with E-state index in [2.05, 4.69) is 33.8 Å². The Bertz CT molecular complexity index is 1030. The average molecular weight is 390 g/mol. The van der Waals surface area contributed by atoms with Gasteiger partial charge in [0.15, 0.2) is 23.0 Å². The van der Waals surface area contributed by atoms with E-state index in [1.165, 1.54) is 5.56 Å². The van der Waals surface area contributed by atoms with Crippen LogP contribution in [0.2, 0.25) is 0 Å². The fourth-order valence-corrected chi connectivity index (χ4v) is 3.17. The van der Waals surface area contributed by atoms with Crippen molar-refractivity contribution in [1.82, 2.24) is 10.2 Å². The van der Waals surface area contributed by atoms with Crippen molar-refractivity contribution in [3.05, 3.63) is 65.4 Å². The van der Waals surface area contributed by atoms with Gasteiger partial charge < -0.3 is 20.1 Å². The zero-order valence-corrected chi connectivity index (χ0v) is 16.4. The van der Waals surface area contributed by atoms with Gasteiger partial charge in [0.2, 0.25) is 0 Å². The normalized spacial score (nSPS) is 12.3. The molecule has 0 unspecified atom stereocenters. The quantitative estimate of drug-likeness (QED) is 0.682. The second-order valence-corrected chi connectivity index (χ2v) is 6.70. The Hall–Kier alpha value is -3.61. The van der Waals surface area contributed by atoms with Crippen LogP contribution in [-0.2, 0) is 6.42 Å². The van der Waals surface area contributed by atoms with E-state index in [4.69, 9.17) is 9.47 Å². The van der Waals surface area contributed by atoms with Gasteiger partial charge in [-0.1, -0.05) is 25.1 Å². The number of aryl methyl sites for hydroxylation is 2. The van der Waals surface area contributed by atoms with E-state index in [0.29, 0.717) is 36.2 Å². The van der Waals surface area contributed by atoms with Gasteiger partial charge in [0.05, 0.1) is 0 Å². The van der Waals surface area contributed by atoms with Crippen molar-refractivity contribution in [3.63, 3.8) is 0 Å². The lowest BCUT2D eigenvalue weighted by molar-refractivity contribution is 0.102. The van der Waals surface area contributed by atoms with Crippen LogP contribution in [0.15, 0.2) is 48.5 Å². The van der Waals surface area contributed by atoms with Crippen LogP contribution in [0.5, 0.6) is 11.5 Å². The lowest BCUT2D eigenvalue weighted by Gasteiger charge is -2.18. The molecule has 2 aromatic carbocycles. The highest BCUT2D eigenvalue weighted by atomic mass is 16.6. The lowest BCUT2D eigenvalue weighted by atomic mass is 10.1. The Morgan fingerprint density at radius 3 is 2.62 bits per heavy atom. The first-order valence-corrected chi connectivity index (χ1v) is 9.54. The summed E-state index contributed by atoms with van der Waals surface area (Å²) in [6.07, 6.45) is 0.910. The Morgan fingerprint density at radius 2 is 1.86 bits per heavy atom. The molecule has 7 nitrogen and oxygen atoms in total. The van der Waals surface area contributed by atoms with Crippen molar-refractivity contribution in [1.29, 1.82) is 0 Å². The van der Waals surface area contributed by atoms with Crippen LogP contribution in [0.3, 0.4) is 0 Å². The molecular formula is C22H22N4O3. The maximum absolute atomic E-state index is 12.5. The smallest absolute Gasteiger partial charge is 0.276 e. The lowest BCUT2D eigenvalue weighted by Crippen LogP contribution is -2.17. The minimum Gasteiger partial charge on any atom is -0.486 e. The molecule has 1 aliphatic heterocycles. The number of carbonyl (C=O) groups is 1. The molecule has 0 saturated heterocycles. The summed E-state index contributed by atoms with van der Waals surface area (Å²) in [6.45, 7) is 5.17. The highest BCUT2D eigenvalue weighted by Crippen LogP contribution is 2.32. The van der Waals surface area contributed by atoms with Gasteiger partial charge in [-0.25, -0.2) is 0 Å². The van der Waals surface area contributed by atoms with Crippen molar-refractivity contribution >= 4 is 23.1 Å². The van der Waals surface area contributed by atoms with Crippen LogP contribution in [0.1, 0.15) is 28.5 Å².